The maximum atomic E-state index is 13.7. The Morgan fingerprint density at radius 3 is 2.59 bits per heavy atom. The summed E-state index contributed by atoms with van der Waals surface area (Å²) in [5.41, 5.74) is 0.434. The van der Waals surface area contributed by atoms with Crippen molar-refractivity contribution in [3.63, 3.8) is 0 Å². The standard InChI is InChI=1S/C25H28ClFN3O8P/c1-30(23(32)10-9-16-7-4-8-21(27)24(16)26)19(12-20(31)15-38-39(34,35)36)14-37-25(33)29-22-11-17-5-2-3-6-18(17)13-28-22/h2-8,11,13,19-20,31H,9-10,12,14-15H2,1H3,(H,28,29,33)(H2,34,35,36)/t19-,20?/m0/s1. The maximum absolute atomic E-state index is 13.7. The summed E-state index contributed by atoms with van der Waals surface area (Å²) in [6.45, 7) is -1.08. The third-order valence-corrected chi connectivity index (χ3v) is 6.74. The van der Waals surface area contributed by atoms with Gasteiger partial charge in [-0.1, -0.05) is 48.0 Å². The number of aromatic nitrogens is 1. The van der Waals surface area contributed by atoms with Crippen molar-refractivity contribution in [1.29, 1.82) is 0 Å². The summed E-state index contributed by atoms with van der Waals surface area (Å²) in [6, 6.07) is 12.4. The van der Waals surface area contributed by atoms with Gasteiger partial charge in [-0.05, 0) is 35.9 Å². The molecule has 1 aromatic heterocycles. The summed E-state index contributed by atoms with van der Waals surface area (Å²) in [4.78, 5) is 48.5. The Labute approximate surface area is 228 Å². The third-order valence-electron chi connectivity index (χ3n) is 5.83. The van der Waals surface area contributed by atoms with Gasteiger partial charge in [-0.2, -0.15) is 0 Å². The van der Waals surface area contributed by atoms with E-state index in [0.717, 1.165) is 10.8 Å². The molecule has 2 amide bonds. The van der Waals surface area contributed by atoms with E-state index in [9.17, 15) is 23.7 Å². The zero-order valence-electron chi connectivity index (χ0n) is 20.9. The molecule has 1 unspecified atom stereocenters. The van der Waals surface area contributed by atoms with Crippen molar-refractivity contribution < 1.29 is 42.7 Å². The summed E-state index contributed by atoms with van der Waals surface area (Å²) < 4.78 is 34.3. The smallest absolute Gasteiger partial charge is 0.447 e. The summed E-state index contributed by atoms with van der Waals surface area (Å²) >= 11 is 5.96. The summed E-state index contributed by atoms with van der Waals surface area (Å²) in [5, 5.41) is 14.4. The van der Waals surface area contributed by atoms with E-state index >= 15 is 0 Å². The number of rotatable bonds is 12. The zero-order valence-corrected chi connectivity index (χ0v) is 22.5. The molecule has 39 heavy (non-hydrogen) atoms. The highest BCUT2D eigenvalue weighted by Gasteiger charge is 2.26. The number of ether oxygens (including phenoxy) is 1. The lowest BCUT2D eigenvalue weighted by Gasteiger charge is -2.29. The summed E-state index contributed by atoms with van der Waals surface area (Å²) in [6.07, 6.45) is -0.850. The number of aryl methyl sites for hydroxylation is 1. The molecule has 1 heterocycles. The van der Waals surface area contributed by atoms with Gasteiger partial charge in [0.05, 0.1) is 23.8 Å². The minimum atomic E-state index is -4.83. The summed E-state index contributed by atoms with van der Waals surface area (Å²) in [7, 11) is -3.41. The van der Waals surface area contributed by atoms with Gasteiger partial charge >= 0.3 is 13.9 Å². The third kappa shape index (κ3) is 9.54. The van der Waals surface area contributed by atoms with Crippen LogP contribution in [0.15, 0.2) is 54.7 Å². The first-order valence-corrected chi connectivity index (χ1v) is 13.7. The molecular formula is C25H28ClFN3O8P. The van der Waals surface area contributed by atoms with E-state index in [0.29, 0.717) is 5.56 Å². The predicted octanol–water partition coefficient (Wildman–Crippen LogP) is 3.90. The normalized spacial score (nSPS) is 13.1. The fraction of sp³-hybridized carbons (Fsp3) is 0.320. The van der Waals surface area contributed by atoms with Crippen LogP contribution in [0.1, 0.15) is 18.4 Å². The average Bonchev–Trinajstić information content (AvgIpc) is 2.89. The highest BCUT2D eigenvalue weighted by atomic mass is 35.5. The number of anilines is 1. The molecule has 14 heteroatoms. The number of fused-ring (bicyclic) bond motifs is 1. The molecule has 0 aliphatic rings. The van der Waals surface area contributed by atoms with E-state index < -0.39 is 44.4 Å². The predicted molar refractivity (Wildman–Crippen MR) is 142 cm³/mol. The van der Waals surface area contributed by atoms with Crippen LogP contribution in [0.4, 0.5) is 15.0 Å². The second-order valence-corrected chi connectivity index (χ2v) is 10.3. The topological polar surface area (TPSA) is 159 Å². The van der Waals surface area contributed by atoms with Gasteiger partial charge in [0.1, 0.15) is 18.2 Å². The number of hydrogen-bond donors (Lipinski definition) is 4. The minimum absolute atomic E-state index is 0.0710. The number of halogens is 2. The second-order valence-electron chi connectivity index (χ2n) is 8.69. The first kappa shape index (κ1) is 30.4. The SMILES string of the molecule is CN(C(=O)CCc1cccc(F)c1Cl)[C@H](COC(=O)Nc1cc2ccccc2cn1)CC(O)COP(=O)(O)O. The van der Waals surface area contributed by atoms with Gasteiger partial charge in [0.15, 0.2) is 0 Å². The van der Waals surface area contributed by atoms with Crippen LogP contribution in [0, 0.1) is 5.82 Å². The van der Waals surface area contributed by atoms with Crippen LogP contribution >= 0.6 is 19.4 Å². The van der Waals surface area contributed by atoms with Crippen molar-refractivity contribution in [2.24, 2.45) is 0 Å². The van der Waals surface area contributed by atoms with E-state index in [2.05, 4.69) is 14.8 Å². The molecule has 2 atom stereocenters. The Hall–Kier alpha value is -3.12. The van der Waals surface area contributed by atoms with Crippen molar-refractivity contribution >= 4 is 48.0 Å². The van der Waals surface area contributed by atoms with Crippen LogP contribution in [0.3, 0.4) is 0 Å². The van der Waals surface area contributed by atoms with E-state index in [1.165, 1.54) is 24.1 Å². The number of hydrogen-bond acceptors (Lipinski definition) is 7. The number of carbonyl (C=O) groups excluding carboxylic acids is 2. The lowest BCUT2D eigenvalue weighted by molar-refractivity contribution is -0.133. The maximum Gasteiger partial charge on any atom is 0.469 e. The molecule has 0 saturated heterocycles. The Morgan fingerprint density at radius 1 is 1.15 bits per heavy atom. The quantitative estimate of drug-likeness (QED) is 0.232. The highest BCUT2D eigenvalue weighted by molar-refractivity contribution is 7.46. The van der Waals surface area contributed by atoms with Gasteiger partial charge in [0, 0.05) is 25.1 Å². The van der Waals surface area contributed by atoms with Crippen LogP contribution in [0.5, 0.6) is 0 Å². The van der Waals surface area contributed by atoms with Gasteiger partial charge < -0.3 is 24.5 Å². The number of phosphoric ester groups is 1. The van der Waals surface area contributed by atoms with Gasteiger partial charge in [-0.15, -0.1) is 0 Å². The second kappa shape index (κ2) is 13.8. The molecule has 0 bridgehead atoms. The number of amides is 2. The Balaban J connectivity index is 1.64. The van der Waals surface area contributed by atoms with Gasteiger partial charge in [-0.25, -0.2) is 18.7 Å². The Kier molecular flexibility index (Phi) is 10.8. The lowest BCUT2D eigenvalue weighted by Crippen LogP contribution is -2.43. The Bertz CT molecular complexity index is 1360. The first-order valence-electron chi connectivity index (χ1n) is 11.8. The fourth-order valence-electron chi connectivity index (χ4n) is 3.73. The van der Waals surface area contributed by atoms with Gasteiger partial charge in [0.25, 0.3) is 0 Å². The van der Waals surface area contributed by atoms with E-state index in [-0.39, 0.29) is 36.7 Å². The van der Waals surface area contributed by atoms with Crippen LogP contribution in [0.2, 0.25) is 5.02 Å². The lowest BCUT2D eigenvalue weighted by atomic mass is 10.1. The van der Waals surface area contributed by atoms with Crippen LogP contribution in [0.25, 0.3) is 10.8 Å². The number of nitrogens with one attached hydrogen (secondary N) is 1. The molecule has 2 aromatic carbocycles. The van der Waals surface area contributed by atoms with Crippen LogP contribution < -0.4 is 5.32 Å². The largest absolute Gasteiger partial charge is 0.469 e. The number of aliphatic hydroxyl groups is 1. The Morgan fingerprint density at radius 2 is 1.87 bits per heavy atom. The van der Waals surface area contributed by atoms with Crippen molar-refractivity contribution in [2.45, 2.75) is 31.4 Å². The molecule has 0 spiro atoms. The minimum Gasteiger partial charge on any atom is -0.447 e. The summed E-state index contributed by atoms with van der Waals surface area (Å²) in [5.74, 6) is -0.799. The molecular weight excluding hydrogens is 556 g/mol. The van der Waals surface area contributed by atoms with E-state index in [1.807, 2.05) is 24.3 Å². The van der Waals surface area contributed by atoms with Gasteiger partial charge in [-0.3, -0.25) is 14.6 Å². The van der Waals surface area contributed by atoms with Crippen LogP contribution in [-0.4, -0.2) is 69.2 Å². The number of benzene rings is 2. The average molecular weight is 584 g/mol. The van der Waals surface area contributed by atoms with Crippen molar-refractivity contribution in [3.05, 3.63) is 71.1 Å². The highest BCUT2D eigenvalue weighted by Crippen LogP contribution is 2.36. The van der Waals surface area contributed by atoms with Crippen molar-refractivity contribution in [3.8, 4) is 0 Å². The number of likely N-dealkylation sites (N-methyl/N-ethyl adjacent to an activating group) is 1. The number of aliphatic hydroxyl groups excluding tert-OH is 1. The van der Waals surface area contributed by atoms with Crippen molar-refractivity contribution in [1.82, 2.24) is 9.88 Å². The zero-order chi connectivity index (χ0) is 28.6. The molecule has 0 saturated carbocycles. The molecule has 210 valence electrons. The van der Waals surface area contributed by atoms with Gasteiger partial charge in [0.2, 0.25) is 5.91 Å². The fourth-order valence-corrected chi connectivity index (χ4v) is 4.32. The number of phosphoric acid groups is 1. The molecule has 4 N–H and O–H groups in total. The molecule has 3 aromatic rings. The number of carbonyl (C=O) groups is 2. The van der Waals surface area contributed by atoms with E-state index in [1.54, 1.807) is 18.3 Å². The van der Waals surface area contributed by atoms with Crippen LogP contribution in [-0.2, 0) is 25.0 Å². The molecule has 0 radical (unpaired) electrons. The number of pyridine rings is 1. The van der Waals surface area contributed by atoms with Crippen molar-refractivity contribution in [2.75, 3.05) is 25.6 Å². The van der Waals surface area contributed by atoms with E-state index in [4.69, 9.17) is 26.1 Å². The first-order chi connectivity index (χ1) is 18.4. The molecule has 0 aliphatic heterocycles. The molecule has 0 fully saturated rings. The molecule has 0 aliphatic carbocycles. The molecule has 3 rings (SSSR count). The monoisotopic (exact) mass is 583 g/mol. The molecule has 11 nitrogen and oxygen atoms in total. The number of nitrogens with zero attached hydrogens (tertiary/aromatic N) is 2.